The van der Waals surface area contributed by atoms with E-state index in [1.807, 2.05) is 49.9 Å². The van der Waals surface area contributed by atoms with Gasteiger partial charge in [-0.05, 0) is 67.1 Å². The van der Waals surface area contributed by atoms with E-state index >= 15 is 0 Å². The average Bonchev–Trinajstić information content (AvgIpc) is 2.66. The maximum Gasteiger partial charge on any atom is 0.220 e. The molecule has 0 N–H and O–H groups in total. The highest BCUT2D eigenvalue weighted by Crippen LogP contribution is 2.31. The van der Waals surface area contributed by atoms with Crippen LogP contribution in [0.4, 0.5) is 0 Å². The molecule has 124 valence electrons. The molecule has 0 amide bonds. The Bertz CT molecular complexity index is 1170. The van der Waals surface area contributed by atoms with Crippen molar-refractivity contribution in [1.29, 1.82) is 0 Å². The number of hydrogen-bond acceptors (Lipinski definition) is 0. The zero-order valence-corrected chi connectivity index (χ0v) is 14.6. The summed E-state index contributed by atoms with van der Waals surface area (Å²) in [5.74, 6) is -0.209. The minimum absolute atomic E-state index is 0.0193. The SMILES string of the molecule is [2H]C([2H])([2H])c1cc(-c2c3ccc(C([2H])([2H])C(C)C)cc3cc[n+]2C)c(C)c(C([2H])([2H])[2H])c1. The number of fused-ring (bicyclic) bond motifs is 1. The van der Waals surface area contributed by atoms with E-state index in [0.717, 1.165) is 10.8 Å². The van der Waals surface area contributed by atoms with Gasteiger partial charge in [0, 0.05) is 17.0 Å². The second kappa shape index (κ2) is 6.39. The average molecular weight is 327 g/mol. The second-order valence-electron chi connectivity index (χ2n) is 6.57. The van der Waals surface area contributed by atoms with Crippen molar-refractivity contribution in [3.05, 3.63) is 64.8 Å². The number of benzene rings is 2. The van der Waals surface area contributed by atoms with E-state index in [4.69, 9.17) is 11.0 Å². The minimum Gasteiger partial charge on any atom is -0.200 e. The first kappa shape index (κ1) is 9.36. The van der Waals surface area contributed by atoms with Gasteiger partial charge in [0.15, 0.2) is 6.20 Å². The molecule has 0 aliphatic rings. The van der Waals surface area contributed by atoms with E-state index in [2.05, 4.69) is 0 Å². The van der Waals surface area contributed by atoms with E-state index in [-0.39, 0.29) is 17.0 Å². The second-order valence-corrected chi connectivity index (χ2v) is 6.57. The van der Waals surface area contributed by atoms with Crippen LogP contribution < -0.4 is 4.57 Å². The molecule has 3 aromatic rings. The normalized spacial score (nSPS) is 18.0. The standard InChI is InChI=1S/C23H28N/c1-15(2)11-19-7-8-21-20(14-19)9-10-24(6)23(21)22-13-16(3)12-17(4)18(22)5/h7-10,12-15H,11H2,1-6H3/q+1/i3D3,4D3,11D2. The molecular weight excluding hydrogens is 290 g/mol. The van der Waals surface area contributed by atoms with Crippen LogP contribution >= 0.6 is 0 Å². The summed E-state index contributed by atoms with van der Waals surface area (Å²) < 4.78 is 66.0. The zero-order valence-electron chi connectivity index (χ0n) is 22.6. The summed E-state index contributed by atoms with van der Waals surface area (Å²) >= 11 is 0. The third-order valence-electron chi connectivity index (χ3n) is 4.26. The van der Waals surface area contributed by atoms with E-state index < -0.39 is 20.1 Å². The van der Waals surface area contributed by atoms with Gasteiger partial charge in [0.1, 0.15) is 7.05 Å². The van der Waals surface area contributed by atoms with Crippen molar-refractivity contribution < 1.29 is 15.5 Å². The van der Waals surface area contributed by atoms with Crippen molar-refractivity contribution in [1.82, 2.24) is 0 Å². The van der Waals surface area contributed by atoms with Gasteiger partial charge in [-0.15, -0.1) is 0 Å². The third-order valence-corrected chi connectivity index (χ3v) is 4.26. The van der Waals surface area contributed by atoms with Crippen LogP contribution in [-0.4, -0.2) is 0 Å². The molecule has 0 aliphatic heterocycles. The van der Waals surface area contributed by atoms with Gasteiger partial charge >= 0.3 is 0 Å². The predicted molar refractivity (Wildman–Crippen MR) is 103 cm³/mol. The molecule has 0 saturated heterocycles. The number of aryl methyl sites for hydroxylation is 3. The van der Waals surface area contributed by atoms with Crippen LogP contribution in [0.25, 0.3) is 22.0 Å². The minimum atomic E-state index is -2.45. The Morgan fingerprint density at radius 3 is 2.67 bits per heavy atom. The highest BCUT2D eigenvalue weighted by atomic mass is 14.9. The Morgan fingerprint density at radius 2 is 1.96 bits per heavy atom. The summed E-state index contributed by atoms with van der Waals surface area (Å²) in [6.45, 7) is 0.460. The van der Waals surface area contributed by atoms with Crippen LogP contribution in [0.1, 0.15) is 47.1 Å². The fourth-order valence-corrected chi connectivity index (χ4v) is 3.09. The van der Waals surface area contributed by atoms with Crippen LogP contribution in [-0.2, 0) is 13.4 Å². The first-order valence-corrected chi connectivity index (χ1v) is 8.14. The molecule has 2 aromatic carbocycles. The van der Waals surface area contributed by atoms with Gasteiger partial charge in [-0.2, -0.15) is 0 Å². The molecule has 1 aromatic heterocycles. The summed E-state index contributed by atoms with van der Waals surface area (Å²) in [6, 6.07) is 10.1. The van der Waals surface area contributed by atoms with E-state index in [1.165, 1.54) is 6.07 Å². The summed E-state index contributed by atoms with van der Waals surface area (Å²) in [4.78, 5) is 0. The van der Waals surface area contributed by atoms with Gasteiger partial charge in [0.25, 0.3) is 0 Å². The Balaban J connectivity index is 2.38. The molecule has 3 rings (SSSR count). The first-order valence-electron chi connectivity index (χ1n) is 12.1. The largest absolute Gasteiger partial charge is 0.220 e. The molecule has 0 fully saturated rings. The monoisotopic (exact) mass is 326 g/mol. The quantitative estimate of drug-likeness (QED) is 0.563. The number of rotatable bonds is 3. The molecular formula is C23H28N+. The van der Waals surface area contributed by atoms with Gasteiger partial charge in [0.05, 0.1) is 10.9 Å². The van der Waals surface area contributed by atoms with Gasteiger partial charge in [-0.1, -0.05) is 37.6 Å². The maximum absolute atomic E-state index is 8.42. The molecule has 1 nitrogen and oxygen atoms in total. The lowest BCUT2D eigenvalue weighted by Gasteiger charge is -2.12. The Morgan fingerprint density at radius 1 is 1.12 bits per heavy atom. The lowest BCUT2D eigenvalue weighted by Crippen LogP contribution is -2.30. The fourth-order valence-electron chi connectivity index (χ4n) is 3.09. The van der Waals surface area contributed by atoms with E-state index in [0.29, 0.717) is 22.4 Å². The molecule has 1 heterocycles. The molecule has 0 aliphatic carbocycles. The zero-order chi connectivity index (χ0) is 24.2. The van der Waals surface area contributed by atoms with Crippen molar-refractivity contribution in [2.45, 2.75) is 40.8 Å². The number of hydrogen-bond donors (Lipinski definition) is 0. The summed E-state index contributed by atoms with van der Waals surface area (Å²) in [5, 5.41) is 1.59. The Hall–Kier alpha value is -2.15. The van der Waals surface area contributed by atoms with Crippen LogP contribution in [0.2, 0.25) is 0 Å². The topological polar surface area (TPSA) is 3.88 Å². The molecule has 1 heteroatoms. The highest BCUT2D eigenvalue weighted by Gasteiger charge is 2.18. The molecule has 0 atom stereocenters. The van der Waals surface area contributed by atoms with Gasteiger partial charge < -0.3 is 0 Å². The molecule has 0 spiro atoms. The number of nitrogens with zero attached hydrogens (tertiary/aromatic N) is 1. The van der Waals surface area contributed by atoms with Crippen molar-refractivity contribution >= 4 is 10.8 Å². The summed E-state index contributed by atoms with van der Waals surface area (Å²) in [6.07, 6.45) is 0.320. The van der Waals surface area contributed by atoms with Crippen LogP contribution in [0.15, 0.2) is 42.6 Å². The lowest BCUT2D eigenvalue weighted by atomic mass is 9.93. The molecule has 24 heavy (non-hydrogen) atoms. The van der Waals surface area contributed by atoms with Gasteiger partial charge in [-0.3, -0.25) is 0 Å². The first-order chi connectivity index (χ1) is 14.5. The van der Waals surface area contributed by atoms with Crippen molar-refractivity contribution in [2.24, 2.45) is 13.0 Å². The molecule has 0 unspecified atom stereocenters. The Kier molecular flexibility index (Phi) is 2.49. The molecule has 0 bridgehead atoms. The summed E-state index contributed by atoms with van der Waals surface area (Å²) in [7, 11) is 1.83. The van der Waals surface area contributed by atoms with Gasteiger partial charge in [0.2, 0.25) is 5.69 Å². The predicted octanol–water partition coefficient (Wildman–Crippen LogP) is 5.46. The van der Waals surface area contributed by atoms with Crippen LogP contribution in [0, 0.1) is 26.5 Å². The lowest BCUT2D eigenvalue weighted by molar-refractivity contribution is -0.659. The fraction of sp³-hybridized carbons (Fsp3) is 0.348. The van der Waals surface area contributed by atoms with Crippen molar-refractivity contribution in [3.63, 3.8) is 0 Å². The number of aromatic nitrogens is 1. The summed E-state index contributed by atoms with van der Waals surface area (Å²) in [5.41, 5.74) is 2.30. The van der Waals surface area contributed by atoms with Crippen LogP contribution in [0.3, 0.4) is 0 Å². The number of pyridine rings is 1. The maximum atomic E-state index is 8.42. The van der Waals surface area contributed by atoms with E-state index in [9.17, 15) is 0 Å². The van der Waals surface area contributed by atoms with E-state index in [1.54, 1.807) is 19.1 Å². The van der Waals surface area contributed by atoms with Gasteiger partial charge in [-0.25, -0.2) is 4.57 Å². The molecule has 0 saturated carbocycles. The van der Waals surface area contributed by atoms with Crippen molar-refractivity contribution in [3.8, 4) is 11.3 Å². The van der Waals surface area contributed by atoms with Crippen molar-refractivity contribution in [2.75, 3.05) is 0 Å². The Labute approximate surface area is 157 Å². The molecule has 0 radical (unpaired) electrons. The third kappa shape index (κ3) is 3.08. The highest BCUT2D eigenvalue weighted by molar-refractivity contribution is 5.94. The smallest absolute Gasteiger partial charge is 0.200 e. The van der Waals surface area contributed by atoms with Crippen LogP contribution in [0.5, 0.6) is 0 Å².